The zero-order valence-electron chi connectivity index (χ0n) is 8.65. The Labute approximate surface area is 93.2 Å². The molecule has 2 rings (SSSR count). The summed E-state index contributed by atoms with van der Waals surface area (Å²) in [4.78, 5) is 2.50. The van der Waals surface area contributed by atoms with Gasteiger partial charge in [-0.3, -0.25) is 9.58 Å². The molecular formula is C10H16BrN3. The number of rotatable bonds is 4. The minimum atomic E-state index is 0.602. The second-order valence-corrected chi connectivity index (χ2v) is 5.09. The number of aromatic nitrogens is 2. The third kappa shape index (κ3) is 2.36. The summed E-state index contributed by atoms with van der Waals surface area (Å²) in [5.74, 6) is 0. The summed E-state index contributed by atoms with van der Waals surface area (Å²) in [6.07, 6.45) is 6.56. The molecule has 0 N–H and O–H groups in total. The molecule has 0 spiro atoms. The lowest BCUT2D eigenvalue weighted by Crippen LogP contribution is -2.34. The van der Waals surface area contributed by atoms with E-state index in [0.29, 0.717) is 6.04 Å². The maximum absolute atomic E-state index is 4.28. The van der Waals surface area contributed by atoms with Gasteiger partial charge < -0.3 is 0 Å². The van der Waals surface area contributed by atoms with Gasteiger partial charge in [0.2, 0.25) is 0 Å². The average Bonchev–Trinajstić information content (AvgIpc) is 2.86. The van der Waals surface area contributed by atoms with Crippen molar-refractivity contribution in [3.63, 3.8) is 0 Å². The normalized spacial score (nSPS) is 16.9. The fourth-order valence-corrected chi connectivity index (χ4v) is 2.02. The van der Waals surface area contributed by atoms with Gasteiger partial charge in [0.25, 0.3) is 0 Å². The monoisotopic (exact) mass is 257 g/mol. The molecule has 1 heterocycles. The third-order valence-electron chi connectivity index (χ3n) is 2.59. The van der Waals surface area contributed by atoms with Crippen LogP contribution in [0.1, 0.15) is 26.7 Å². The molecule has 4 heteroatoms. The van der Waals surface area contributed by atoms with Gasteiger partial charge in [-0.1, -0.05) is 0 Å². The molecule has 0 aromatic carbocycles. The highest BCUT2D eigenvalue weighted by atomic mass is 79.9. The van der Waals surface area contributed by atoms with Crippen molar-refractivity contribution in [2.24, 2.45) is 0 Å². The number of halogens is 1. The van der Waals surface area contributed by atoms with Crippen LogP contribution in [0.4, 0.5) is 0 Å². The fourth-order valence-electron chi connectivity index (χ4n) is 1.69. The number of hydrogen-bond acceptors (Lipinski definition) is 2. The quantitative estimate of drug-likeness (QED) is 0.827. The van der Waals surface area contributed by atoms with Gasteiger partial charge >= 0.3 is 0 Å². The summed E-state index contributed by atoms with van der Waals surface area (Å²) in [6.45, 7) is 5.40. The first-order valence-corrected chi connectivity index (χ1v) is 5.90. The average molecular weight is 258 g/mol. The van der Waals surface area contributed by atoms with Crippen LogP contribution in [0.2, 0.25) is 0 Å². The second kappa shape index (κ2) is 4.03. The van der Waals surface area contributed by atoms with Crippen molar-refractivity contribution >= 4 is 15.9 Å². The Hall–Kier alpha value is -0.350. The van der Waals surface area contributed by atoms with E-state index in [2.05, 4.69) is 39.8 Å². The van der Waals surface area contributed by atoms with Gasteiger partial charge in [0.1, 0.15) is 0 Å². The Kier molecular flexibility index (Phi) is 2.93. The first-order chi connectivity index (χ1) is 6.66. The Morgan fingerprint density at radius 3 is 2.79 bits per heavy atom. The van der Waals surface area contributed by atoms with Crippen LogP contribution in [0.3, 0.4) is 0 Å². The van der Waals surface area contributed by atoms with Gasteiger partial charge in [-0.25, -0.2) is 0 Å². The van der Waals surface area contributed by atoms with Crippen LogP contribution in [-0.2, 0) is 6.67 Å². The summed E-state index contributed by atoms with van der Waals surface area (Å²) < 4.78 is 3.04. The summed E-state index contributed by atoms with van der Waals surface area (Å²) >= 11 is 3.41. The maximum Gasteiger partial charge on any atom is 0.0933 e. The minimum Gasteiger partial charge on any atom is -0.279 e. The number of nitrogens with zero attached hydrogens (tertiary/aromatic N) is 3. The highest BCUT2D eigenvalue weighted by Gasteiger charge is 2.30. The van der Waals surface area contributed by atoms with Gasteiger partial charge in [0.15, 0.2) is 0 Å². The SMILES string of the molecule is CC(C)N(Cn1cc(Br)cn1)C1CC1. The third-order valence-corrected chi connectivity index (χ3v) is 3.00. The smallest absolute Gasteiger partial charge is 0.0933 e. The van der Waals surface area contributed by atoms with E-state index in [1.165, 1.54) is 12.8 Å². The van der Waals surface area contributed by atoms with Gasteiger partial charge in [0.05, 0.1) is 17.3 Å². The molecule has 1 aromatic rings. The molecule has 1 aliphatic rings. The van der Waals surface area contributed by atoms with Crippen LogP contribution < -0.4 is 0 Å². The molecule has 0 saturated heterocycles. The van der Waals surface area contributed by atoms with Gasteiger partial charge in [-0.05, 0) is 42.6 Å². The van der Waals surface area contributed by atoms with Crippen LogP contribution in [0.25, 0.3) is 0 Å². The molecule has 0 radical (unpaired) electrons. The lowest BCUT2D eigenvalue weighted by Gasteiger charge is -2.25. The second-order valence-electron chi connectivity index (χ2n) is 4.18. The highest BCUT2D eigenvalue weighted by Crippen LogP contribution is 2.28. The molecule has 0 bridgehead atoms. The molecule has 1 saturated carbocycles. The molecule has 14 heavy (non-hydrogen) atoms. The van der Waals surface area contributed by atoms with Crippen LogP contribution in [0.15, 0.2) is 16.9 Å². The van der Waals surface area contributed by atoms with Gasteiger partial charge in [-0.2, -0.15) is 5.10 Å². The van der Waals surface area contributed by atoms with Crippen LogP contribution in [0.5, 0.6) is 0 Å². The Morgan fingerprint density at radius 2 is 2.36 bits per heavy atom. The zero-order chi connectivity index (χ0) is 10.1. The molecular weight excluding hydrogens is 242 g/mol. The Balaban J connectivity index is 1.99. The van der Waals surface area contributed by atoms with Crippen LogP contribution >= 0.6 is 15.9 Å². The number of hydrogen-bond donors (Lipinski definition) is 0. The Morgan fingerprint density at radius 1 is 1.64 bits per heavy atom. The summed E-state index contributed by atoms with van der Waals surface area (Å²) in [6, 6.07) is 1.39. The molecule has 0 atom stereocenters. The van der Waals surface area contributed by atoms with E-state index in [1.54, 1.807) is 0 Å². The van der Waals surface area contributed by atoms with Crippen molar-refractivity contribution in [2.45, 2.75) is 45.4 Å². The van der Waals surface area contributed by atoms with E-state index in [0.717, 1.165) is 17.2 Å². The van der Waals surface area contributed by atoms with Gasteiger partial charge in [-0.15, -0.1) is 0 Å². The molecule has 1 aromatic heterocycles. The van der Waals surface area contributed by atoms with Crippen molar-refractivity contribution in [3.8, 4) is 0 Å². The standard InChI is InChI=1S/C10H16BrN3/c1-8(2)14(10-3-4-10)7-13-6-9(11)5-12-13/h5-6,8,10H,3-4,7H2,1-2H3. The van der Waals surface area contributed by atoms with Crippen molar-refractivity contribution in [1.82, 2.24) is 14.7 Å². The summed E-state index contributed by atoms with van der Waals surface area (Å²) in [5, 5.41) is 4.28. The van der Waals surface area contributed by atoms with Crippen LogP contribution in [-0.4, -0.2) is 26.8 Å². The maximum atomic E-state index is 4.28. The van der Waals surface area contributed by atoms with Crippen LogP contribution in [0, 0.1) is 0 Å². The molecule has 1 aliphatic carbocycles. The largest absolute Gasteiger partial charge is 0.279 e. The lowest BCUT2D eigenvalue weighted by atomic mass is 10.3. The van der Waals surface area contributed by atoms with E-state index in [1.807, 2.05) is 17.1 Å². The first-order valence-electron chi connectivity index (χ1n) is 5.10. The van der Waals surface area contributed by atoms with Crippen molar-refractivity contribution in [1.29, 1.82) is 0 Å². The summed E-state index contributed by atoms with van der Waals surface area (Å²) in [5.41, 5.74) is 0. The highest BCUT2D eigenvalue weighted by molar-refractivity contribution is 9.10. The summed E-state index contributed by atoms with van der Waals surface area (Å²) in [7, 11) is 0. The molecule has 78 valence electrons. The topological polar surface area (TPSA) is 21.1 Å². The molecule has 1 fully saturated rings. The first kappa shape index (κ1) is 10.2. The fraction of sp³-hybridized carbons (Fsp3) is 0.700. The molecule has 3 nitrogen and oxygen atoms in total. The molecule has 0 unspecified atom stereocenters. The van der Waals surface area contributed by atoms with E-state index in [-0.39, 0.29) is 0 Å². The van der Waals surface area contributed by atoms with Crippen molar-refractivity contribution in [2.75, 3.05) is 0 Å². The van der Waals surface area contributed by atoms with Crippen molar-refractivity contribution in [3.05, 3.63) is 16.9 Å². The van der Waals surface area contributed by atoms with Gasteiger partial charge in [0, 0.05) is 18.3 Å². The zero-order valence-corrected chi connectivity index (χ0v) is 10.2. The van der Waals surface area contributed by atoms with E-state index >= 15 is 0 Å². The van der Waals surface area contributed by atoms with E-state index < -0.39 is 0 Å². The molecule has 0 amide bonds. The predicted molar refractivity (Wildman–Crippen MR) is 59.9 cm³/mol. The van der Waals surface area contributed by atoms with E-state index in [4.69, 9.17) is 0 Å². The predicted octanol–water partition coefficient (Wildman–Crippen LogP) is 2.48. The van der Waals surface area contributed by atoms with Crippen molar-refractivity contribution < 1.29 is 0 Å². The Bertz CT molecular complexity index is 302. The molecule has 0 aliphatic heterocycles. The lowest BCUT2D eigenvalue weighted by molar-refractivity contribution is 0.153. The van der Waals surface area contributed by atoms with E-state index in [9.17, 15) is 0 Å². The minimum absolute atomic E-state index is 0.602.